The molecule has 12 heavy (non-hydrogen) atoms. The van der Waals surface area contributed by atoms with E-state index >= 15 is 0 Å². The normalized spacial score (nSPS) is 12.8. The van der Waals surface area contributed by atoms with Gasteiger partial charge in [-0.2, -0.15) is 0 Å². The third kappa shape index (κ3) is 3.17. The summed E-state index contributed by atoms with van der Waals surface area (Å²) in [6.45, 7) is 0.285. The van der Waals surface area contributed by atoms with Crippen LogP contribution in [0.25, 0.3) is 0 Å². The predicted molar refractivity (Wildman–Crippen MR) is 47.8 cm³/mol. The van der Waals surface area contributed by atoms with E-state index < -0.39 is 6.10 Å². The van der Waals surface area contributed by atoms with Gasteiger partial charge in [-0.15, -0.1) is 11.8 Å². The van der Waals surface area contributed by atoms with Crippen LogP contribution in [-0.2, 0) is 0 Å². The lowest BCUT2D eigenvalue weighted by molar-refractivity contribution is 0.208. The van der Waals surface area contributed by atoms with Gasteiger partial charge in [0.25, 0.3) is 0 Å². The molecule has 5 heteroatoms. The third-order valence-corrected chi connectivity index (χ3v) is 2.29. The van der Waals surface area contributed by atoms with Gasteiger partial charge in [0.2, 0.25) is 0 Å². The highest BCUT2D eigenvalue weighted by Gasteiger charge is 2.02. The van der Waals surface area contributed by atoms with Gasteiger partial charge < -0.3 is 10.8 Å². The Kier molecular flexibility index (Phi) is 3.99. The van der Waals surface area contributed by atoms with Crippen molar-refractivity contribution in [3.8, 4) is 0 Å². The highest BCUT2D eigenvalue weighted by atomic mass is 32.2. The van der Waals surface area contributed by atoms with Gasteiger partial charge in [-0.3, -0.25) is 4.98 Å². The summed E-state index contributed by atoms with van der Waals surface area (Å²) in [7, 11) is 0. The molecule has 1 heterocycles. The molecule has 1 unspecified atom stereocenters. The Labute approximate surface area is 75.2 Å². The van der Waals surface area contributed by atoms with E-state index in [9.17, 15) is 0 Å². The number of aliphatic hydroxyl groups is 1. The minimum absolute atomic E-state index is 0.285. The second kappa shape index (κ2) is 5.08. The molecule has 0 aromatic carbocycles. The summed E-state index contributed by atoms with van der Waals surface area (Å²) >= 11 is 1.45. The number of thioether (sulfide) groups is 1. The molecule has 0 aliphatic rings. The zero-order valence-electron chi connectivity index (χ0n) is 6.55. The Morgan fingerprint density at radius 2 is 2.42 bits per heavy atom. The van der Waals surface area contributed by atoms with Crippen LogP contribution in [0.4, 0.5) is 0 Å². The summed E-state index contributed by atoms with van der Waals surface area (Å²) in [4.78, 5) is 7.93. The first kappa shape index (κ1) is 9.44. The second-order valence-corrected chi connectivity index (χ2v) is 3.28. The summed E-state index contributed by atoms with van der Waals surface area (Å²) in [5.74, 6) is 0.565. The van der Waals surface area contributed by atoms with E-state index in [-0.39, 0.29) is 6.54 Å². The van der Waals surface area contributed by atoms with E-state index in [1.807, 2.05) is 0 Å². The summed E-state index contributed by atoms with van der Waals surface area (Å²) in [6, 6.07) is 0. The Balaban J connectivity index is 2.33. The molecule has 1 atom stereocenters. The van der Waals surface area contributed by atoms with E-state index in [2.05, 4.69) is 9.97 Å². The molecule has 0 aliphatic heterocycles. The first-order chi connectivity index (χ1) is 5.83. The van der Waals surface area contributed by atoms with Gasteiger partial charge in [0.1, 0.15) is 5.03 Å². The Bertz CT molecular complexity index is 219. The van der Waals surface area contributed by atoms with Crippen molar-refractivity contribution in [1.82, 2.24) is 9.97 Å². The van der Waals surface area contributed by atoms with Gasteiger partial charge in [-0.05, 0) is 0 Å². The maximum atomic E-state index is 9.13. The number of nitrogens with two attached hydrogens (primary N) is 1. The van der Waals surface area contributed by atoms with Crippen molar-refractivity contribution in [3.05, 3.63) is 18.6 Å². The van der Waals surface area contributed by atoms with Gasteiger partial charge >= 0.3 is 0 Å². The van der Waals surface area contributed by atoms with Crippen molar-refractivity contribution in [3.63, 3.8) is 0 Å². The van der Waals surface area contributed by atoms with Crippen molar-refractivity contribution in [2.45, 2.75) is 11.1 Å². The van der Waals surface area contributed by atoms with Crippen LogP contribution < -0.4 is 5.73 Å². The molecule has 0 saturated heterocycles. The van der Waals surface area contributed by atoms with Crippen molar-refractivity contribution < 1.29 is 5.11 Å². The van der Waals surface area contributed by atoms with E-state index in [1.165, 1.54) is 11.8 Å². The average Bonchev–Trinajstić information content (AvgIpc) is 2.16. The largest absolute Gasteiger partial charge is 0.391 e. The molecule has 0 spiro atoms. The van der Waals surface area contributed by atoms with Crippen LogP contribution >= 0.6 is 11.8 Å². The lowest BCUT2D eigenvalue weighted by Gasteiger charge is -2.04. The molecule has 0 radical (unpaired) electrons. The van der Waals surface area contributed by atoms with Crippen molar-refractivity contribution >= 4 is 11.8 Å². The monoisotopic (exact) mass is 185 g/mol. The average molecular weight is 185 g/mol. The zero-order valence-corrected chi connectivity index (χ0v) is 7.37. The number of nitrogens with zero attached hydrogens (tertiary/aromatic N) is 2. The van der Waals surface area contributed by atoms with E-state index in [1.54, 1.807) is 18.6 Å². The summed E-state index contributed by atoms with van der Waals surface area (Å²) in [5, 5.41) is 9.94. The SMILES string of the molecule is NCC(O)CSc1cnccn1. The highest BCUT2D eigenvalue weighted by Crippen LogP contribution is 2.13. The van der Waals surface area contributed by atoms with Crippen molar-refractivity contribution in [2.75, 3.05) is 12.3 Å². The fourth-order valence-electron chi connectivity index (χ4n) is 0.610. The van der Waals surface area contributed by atoms with Crippen molar-refractivity contribution in [2.24, 2.45) is 5.73 Å². The Morgan fingerprint density at radius 1 is 1.58 bits per heavy atom. The third-order valence-electron chi connectivity index (χ3n) is 1.24. The molecule has 1 rings (SSSR count). The highest BCUT2D eigenvalue weighted by molar-refractivity contribution is 7.99. The number of hydrogen-bond acceptors (Lipinski definition) is 5. The summed E-state index contributed by atoms with van der Waals surface area (Å²) < 4.78 is 0. The first-order valence-electron chi connectivity index (χ1n) is 3.60. The molecule has 66 valence electrons. The second-order valence-electron chi connectivity index (χ2n) is 2.24. The van der Waals surface area contributed by atoms with Gasteiger partial charge in [0.15, 0.2) is 0 Å². The van der Waals surface area contributed by atoms with Crippen molar-refractivity contribution in [1.29, 1.82) is 0 Å². The molecular weight excluding hydrogens is 174 g/mol. The number of rotatable bonds is 4. The predicted octanol–water partition coefficient (Wildman–Crippen LogP) is -0.112. The fourth-order valence-corrected chi connectivity index (χ4v) is 1.38. The molecule has 4 nitrogen and oxygen atoms in total. The molecule has 1 aromatic heterocycles. The minimum atomic E-state index is -0.461. The number of aliphatic hydroxyl groups excluding tert-OH is 1. The topological polar surface area (TPSA) is 72.0 Å². The van der Waals surface area contributed by atoms with Gasteiger partial charge in [-0.1, -0.05) is 0 Å². The van der Waals surface area contributed by atoms with E-state index in [0.717, 1.165) is 5.03 Å². The van der Waals surface area contributed by atoms with Crippen LogP contribution in [0, 0.1) is 0 Å². The molecule has 0 fully saturated rings. The lowest BCUT2D eigenvalue weighted by Crippen LogP contribution is -2.21. The molecule has 0 aliphatic carbocycles. The smallest absolute Gasteiger partial charge is 0.114 e. The van der Waals surface area contributed by atoms with Gasteiger partial charge in [0, 0.05) is 24.7 Å². The van der Waals surface area contributed by atoms with Crippen LogP contribution in [0.1, 0.15) is 0 Å². The molecule has 1 aromatic rings. The first-order valence-corrected chi connectivity index (χ1v) is 4.58. The van der Waals surface area contributed by atoms with Crippen LogP contribution in [0.3, 0.4) is 0 Å². The Morgan fingerprint density at radius 3 is 3.00 bits per heavy atom. The number of hydrogen-bond donors (Lipinski definition) is 2. The maximum absolute atomic E-state index is 9.13. The van der Waals surface area contributed by atoms with Crippen LogP contribution in [-0.4, -0.2) is 33.5 Å². The summed E-state index contributed by atoms with van der Waals surface area (Å²) in [5.41, 5.74) is 5.24. The maximum Gasteiger partial charge on any atom is 0.114 e. The quantitative estimate of drug-likeness (QED) is 0.640. The van der Waals surface area contributed by atoms with Crippen LogP contribution in [0.2, 0.25) is 0 Å². The fraction of sp³-hybridized carbons (Fsp3) is 0.429. The molecule has 0 saturated carbocycles. The standard InChI is InChI=1S/C7H11N3OS/c8-3-6(11)5-12-7-4-9-1-2-10-7/h1-2,4,6,11H,3,5,8H2. The van der Waals surface area contributed by atoms with E-state index in [0.29, 0.717) is 5.75 Å². The van der Waals surface area contributed by atoms with Crippen LogP contribution in [0.5, 0.6) is 0 Å². The lowest BCUT2D eigenvalue weighted by atomic mass is 10.4. The molecule has 3 N–H and O–H groups in total. The van der Waals surface area contributed by atoms with Gasteiger partial charge in [0.05, 0.1) is 12.3 Å². The number of aromatic nitrogens is 2. The van der Waals surface area contributed by atoms with Crippen LogP contribution in [0.15, 0.2) is 23.6 Å². The molecular formula is C7H11N3OS. The molecule has 0 amide bonds. The van der Waals surface area contributed by atoms with Gasteiger partial charge in [-0.25, -0.2) is 4.98 Å². The zero-order chi connectivity index (χ0) is 8.81. The van der Waals surface area contributed by atoms with E-state index in [4.69, 9.17) is 10.8 Å². The summed E-state index contributed by atoms with van der Waals surface area (Å²) in [6.07, 6.45) is 4.44. The Hall–Kier alpha value is -0.650. The molecule has 0 bridgehead atoms. The minimum Gasteiger partial charge on any atom is -0.391 e.